The molecule has 9 heteroatoms. The Labute approximate surface area is 169 Å². The van der Waals surface area contributed by atoms with Crippen molar-refractivity contribution >= 4 is 36.4 Å². The average Bonchev–Trinajstić information content (AvgIpc) is 3.11. The molecule has 1 fully saturated rings. The zero-order valence-corrected chi connectivity index (χ0v) is 16.4. The van der Waals surface area contributed by atoms with Crippen LogP contribution in [0.5, 0.6) is 5.75 Å². The van der Waals surface area contributed by atoms with E-state index in [4.69, 9.17) is 4.74 Å². The van der Waals surface area contributed by atoms with E-state index in [9.17, 15) is 4.79 Å². The molecule has 3 aromatic rings. The van der Waals surface area contributed by atoms with E-state index in [2.05, 4.69) is 15.4 Å². The van der Waals surface area contributed by atoms with Crippen molar-refractivity contribution in [2.75, 3.05) is 26.7 Å². The first-order valence-electron chi connectivity index (χ1n) is 8.22. The maximum absolute atomic E-state index is 13.2. The fourth-order valence-electron chi connectivity index (χ4n) is 3.30. The minimum absolute atomic E-state index is 0. The predicted molar refractivity (Wildman–Crippen MR) is 107 cm³/mol. The lowest BCUT2D eigenvalue weighted by Gasteiger charge is -2.36. The highest BCUT2D eigenvalue weighted by Crippen LogP contribution is 2.31. The van der Waals surface area contributed by atoms with Crippen LogP contribution in [0.2, 0.25) is 0 Å². The van der Waals surface area contributed by atoms with Crippen LogP contribution in [0.3, 0.4) is 0 Å². The molecule has 2 aromatic heterocycles. The number of halogens is 2. The topological polar surface area (TPSA) is 71.8 Å². The number of piperazine rings is 1. The molecule has 0 radical (unpaired) electrons. The van der Waals surface area contributed by atoms with Crippen LogP contribution in [0.25, 0.3) is 5.65 Å². The third-order valence-corrected chi connectivity index (χ3v) is 4.51. The molecule has 0 bridgehead atoms. The number of nitrogens with one attached hydrogen (secondary N) is 1. The lowest BCUT2D eigenvalue weighted by Crippen LogP contribution is -2.48. The molecule has 1 atom stereocenters. The van der Waals surface area contributed by atoms with Gasteiger partial charge in [0.2, 0.25) is 0 Å². The lowest BCUT2D eigenvalue weighted by molar-refractivity contribution is 0.0633. The van der Waals surface area contributed by atoms with Gasteiger partial charge in [0.1, 0.15) is 11.3 Å². The zero-order valence-electron chi connectivity index (χ0n) is 14.7. The SMILES string of the molecule is COc1ccccc1C1CNCCN1C(=O)c1cnn2cccnc12.Cl.Cl. The number of fused-ring (bicyclic) bond motifs is 1. The van der Waals surface area contributed by atoms with E-state index in [0.717, 1.165) is 17.9 Å². The van der Waals surface area contributed by atoms with Crippen molar-refractivity contribution in [1.82, 2.24) is 24.8 Å². The maximum atomic E-state index is 13.2. The third-order valence-electron chi connectivity index (χ3n) is 4.51. The molecule has 7 nitrogen and oxygen atoms in total. The Morgan fingerprint density at radius 1 is 1.26 bits per heavy atom. The first-order chi connectivity index (χ1) is 12.3. The quantitative estimate of drug-likeness (QED) is 0.718. The molecule has 3 heterocycles. The van der Waals surface area contributed by atoms with Gasteiger partial charge in [0.25, 0.3) is 5.91 Å². The minimum Gasteiger partial charge on any atom is -0.496 e. The van der Waals surface area contributed by atoms with Crippen molar-refractivity contribution in [2.45, 2.75) is 6.04 Å². The summed E-state index contributed by atoms with van der Waals surface area (Å²) < 4.78 is 7.11. The zero-order chi connectivity index (χ0) is 17.2. The van der Waals surface area contributed by atoms with Gasteiger partial charge in [0, 0.05) is 37.6 Å². The predicted octanol–water partition coefficient (Wildman–Crippen LogP) is 2.37. The highest BCUT2D eigenvalue weighted by atomic mass is 35.5. The highest BCUT2D eigenvalue weighted by Gasteiger charge is 2.32. The summed E-state index contributed by atoms with van der Waals surface area (Å²) in [7, 11) is 1.65. The Balaban J connectivity index is 0.00000131. The van der Waals surface area contributed by atoms with Gasteiger partial charge in [-0.15, -0.1) is 24.8 Å². The number of carbonyl (C=O) groups excluding carboxylic acids is 1. The molecule has 4 rings (SSSR count). The molecule has 1 aromatic carbocycles. The minimum atomic E-state index is -0.101. The molecule has 27 heavy (non-hydrogen) atoms. The van der Waals surface area contributed by atoms with Gasteiger partial charge in [-0.05, 0) is 12.1 Å². The largest absolute Gasteiger partial charge is 0.496 e. The summed E-state index contributed by atoms with van der Waals surface area (Å²) >= 11 is 0. The molecule has 0 aliphatic carbocycles. The van der Waals surface area contributed by atoms with Crippen LogP contribution < -0.4 is 10.1 Å². The van der Waals surface area contributed by atoms with Gasteiger partial charge >= 0.3 is 0 Å². The van der Waals surface area contributed by atoms with Crippen LogP contribution in [0.1, 0.15) is 22.0 Å². The molecule has 1 aliphatic rings. The summed E-state index contributed by atoms with van der Waals surface area (Å²) in [5, 5.41) is 7.60. The normalized spacial score (nSPS) is 16.3. The highest BCUT2D eigenvalue weighted by molar-refractivity contribution is 6.00. The van der Waals surface area contributed by atoms with E-state index >= 15 is 0 Å². The number of rotatable bonds is 3. The van der Waals surface area contributed by atoms with Crippen LogP contribution in [0, 0.1) is 0 Å². The van der Waals surface area contributed by atoms with E-state index in [1.165, 1.54) is 0 Å². The van der Waals surface area contributed by atoms with E-state index in [1.54, 1.807) is 36.3 Å². The van der Waals surface area contributed by atoms with Gasteiger partial charge < -0.3 is 15.0 Å². The number of carbonyl (C=O) groups is 1. The van der Waals surface area contributed by atoms with Crippen LogP contribution in [0.15, 0.2) is 48.9 Å². The van der Waals surface area contributed by atoms with Crippen molar-refractivity contribution in [3.05, 3.63) is 60.0 Å². The van der Waals surface area contributed by atoms with Gasteiger partial charge in [0.05, 0.1) is 19.3 Å². The van der Waals surface area contributed by atoms with Gasteiger partial charge in [0.15, 0.2) is 5.65 Å². The number of hydrogen-bond donors (Lipinski definition) is 1. The van der Waals surface area contributed by atoms with Crippen molar-refractivity contribution in [3.8, 4) is 5.75 Å². The molecular weight excluding hydrogens is 389 g/mol. The second-order valence-corrected chi connectivity index (χ2v) is 5.91. The van der Waals surface area contributed by atoms with E-state index in [1.807, 2.05) is 29.2 Å². The summed E-state index contributed by atoms with van der Waals surface area (Å²) in [4.78, 5) is 19.4. The second-order valence-electron chi connectivity index (χ2n) is 5.91. The van der Waals surface area contributed by atoms with Crippen LogP contribution in [-0.4, -0.2) is 52.1 Å². The van der Waals surface area contributed by atoms with Gasteiger partial charge in [-0.1, -0.05) is 18.2 Å². The fraction of sp³-hybridized carbons (Fsp3) is 0.278. The number of methoxy groups -OCH3 is 1. The fourth-order valence-corrected chi connectivity index (χ4v) is 3.30. The number of ether oxygens (including phenoxy) is 1. The Bertz CT molecular complexity index is 917. The Hall–Kier alpha value is -2.35. The summed E-state index contributed by atoms with van der Waals surface area (Å²) in [6.45, 7) is 2.05. The number of benzene rings is 1. The summed E-state index contributed by atoms with van der Waals surface area (Å²) in [6, 6.07) is 9.51. The molecule has 0 spiro atoms. The molecular formula is C18H21Cl2N5O2. The molecule has 144 valence electrons. The molecule has 1 aliphatic heterocycles. The van der Waals surface area contributed by atoms with Crippen molar-refractivity contribution in [2.24, 2.45) is 0 Å². The molecule has 0 saturated carbocycles. The summed E-state index contributed by atoms with van der Waals surface area (Å²) in [5.74, 6) is 0.720. The smallest absolute Gasteiger partial charge is 0.259 e. The first kappa shape index (κ1) is 21.0. The van der Waals surface area contributed by atoms with Crippen molar-refractivity contribution in [1.29, 1.82) is 0 Å². The Kier molecular flexibility index (Phi) is 7.01. The first-order valence-corrected chi connectivity index (χ1v) is 8.22. The Morgan fingerprint density at radius 2 is 2.07 bits per heavy atom. The van der Waals surface area contributed by atoms with Crippen LogP contribution in [0.4, 0.5) is 0 Å². The third kappa shape index (κ3) is 3.85. The number of aromatic nitrogens is 3. The van der Waals surface area contributed by atoms with E-state index in [0.29, 0.717) is 24.3 Å². The standard InChI is InChI=1S/C18H19N5O2.2ClH/c1-25-16-6-3-2-5-13(16)15-12-19-8-10-22(15)18(24)14-11-21-23-9-4-7-20-17(14)23;;/h2-7,9,11,15,19H,8,10,12H2,1H3;2*1H. The number of amides is 1. The van der Waals surface area contributed by atoms with Crippen LogP contribution >= 0.6 is 24.8 Å². The van der Waals surface area contributed by atoms with E-state index in [-0.39, 0.29) is 36.8 Å². The second kappa shape index (κ2) is 9.03. The molecule has 1 N–H and O–H groups in total. The number of nitrogens with zero attached hydrogens (tertiary/aromatic N) is 4. The molecule has 1 amide bonds. The molecule has 1 unspecified atom stereocenters. The van der Waals surface area contributed by atoms with Crippen molar-refractivity contribution in [3.63, 3.8) is 0 Å². The monoisotopic (exact) mass is 409 g/mol. The van der Waals surface area contributed by atoms with E-state index < -0.39 is 0 Å². The summed E-state index contributed by atoms with van der Waals surface area (Å²) in [6.07, 6.45) is 5.05. The Morgan fingerprint density at radius 3 is 2.89 bits per heavy atom. The van der Waals surface area contributed by atoms with Crippen LogP contribution in [-0.2, 0) is 0 Å². The van der Waals surface area contributed by atoms with Gasteiger partial charge in [-0.2, -0.15) is 5.10 Å². The maximum Gasteiger partial charge on any atom is 0.259 e. The number of hydrogen-bond acceptors (Lipinski definition) is 5. The average molecular weight is 410 g/mol. The lowest BCUT2D eigenvalue weighted by atomic mass is 10.0. The number of para-hydroxylation sites is 1. The van der Waals surface area contributed by atoms with Crippen molar-refractivity contribution < 1.29 is 9.53 Å². The van der Waals surface area contributed by atoms with Gasteiger partial charge in [-0.25, -0.2) is 9.50 Å². The summed E-state index contributed by atoms with van der Waals surface area (Å²) in [5.41, 5.74) is 2.09. The molecule has 1 saturated heterocycles. The van der Waals surface area contributed by atoms with Gasteiger partial charge in [-0.3, -0.25) is 4.79 Å².